The van der Waals surface area contributed by atoms with Crippen LogP contribution in [-0.2, 0) is 14.2 Å². The molecule has 5 nitrogen and oxygen atoms in total. The molecule has 2 aliphatic rings. The minimum Gasteiger partial charge on any atom is -0.387 e. The number of rotatable bonds is 2. The summed E-state index contributed by atoms with van der Waals surface area (Å²) in [6.45, 7) is 5.94. The average molecular weight is 326 g/mol. The van der Waals surface area contributed by atoms with Crippen molar-refractivity contribution in [2.75, 3.05) is 6.61 Å². The van der Waals surface area contributed by atoms with E-state index in [-0.39, 0.29) is 6.10 Å². The topological polar surface area (TPSA) is 68.2 Å². The fraction of sp³-hybridized carbons (Fsp3) is 0.625. The van der Waals surface area contributed by atoms with Gasteiger partial charge in [-0.1, -0.05) is 29.5 Å². The summed E-state index contributed by atoms with van der Waals surface area (Å²) in [7, 11) is 0. The molecule has 0 spiro atoms. The van der Waals surface area contributed by atoms with Gasteiger partial charge in [-0.05, 0) is 32.9 Å². The number of fused-ring (bicyclic) bond motifs is 1. The van der Waals surface area contributed by atoms with Crippen molar-refractivity contribution < 1.29 is 24.4 Å². The number of benzene rings is 1. The van der Waals surface area contributed by atoms with Crippen LogP contribution in [0.15, 0.2) is 29.2 Å². The summed E-state index contributed by atoms with van der Waals surface area (Å²) < 4.78 is 17.2. The lowest BCUT2D eigenvalue weighted by Gasteiger charge is -2.48. The van der Waals surface area contributed by atoms with Crippen molar-refractivity contribution in [1.29, 1.82) is 0 Å². The number of aliphatic hydroxyl groups excluding tert-OH is 2. The molecule has 0 aliphatic carbocycles. The third kappa shape index (κ3) is 3.32. The van der Waals surface area contributed by atoms with Crippen LogP contribution < -0.4 is 0 Å². The maximum atomic E-state index is 10.4. The van der Waals surface area contributed by atoms with E-state index in [1.165, 1.54) is 17.3 Å². The van der Waals surface area contributed by atoms with E-state index in [9.17, 15) is 10.2 Å². The van der Waals surface area contributed by atoms with Crippen molar-refractivity contribution in [2.24, 2.45) is 0 Å². The molecule has 3 rings (SSSR count). The Bertz CT molecular complexity index is 516. The summed E-state index contributed by atoms with van der Waals surface area (Å²) in [6, 6.07) is 7.97. The zero-order valence-electron chi connectivity index (χ0n) is 12.9. The van der Waals surface area contributed by atoms with Gasteiger partial charge < -0.3 is 24.4 Å². The predicted molar refractivity (Wildman–Crippen MR) is 82.6 cm³/mol. The Morgan fingerprint density at radius 1 is 1.14 bits per heavy atom. The van der Waals surface area contributed by atoms with E-state index in [4.69, 9.17) is 14.2 Å². The Morgan fingerprint density at radius 2 is 1.82 bits per heavy atom. The van der Waals surface area contributed by atoms with Gasteiger partial charge in [0, 0.05) is 4.90 Å². The van der Waals surface area contributed by atoms with E-state index in [2.05, 4.69) is 0 Å². The van der Waals surface area contributed by atoms with Crippen LogP contribution in [-0.4, -0.2) is 52.5 Å². The van der Waals surface area contributed by atoms with Gasteiger partial charge in [-0.15, -0.1) is 0 Å². The number of hydrogen-bond acceptors (Lipinski definition) is 6. The quantitative estimate of drug-likeness (QED) is 0.862. The summed E-state index contributed by atoms with van der Waals surface area (Å²) in [6.07, 6.45) is -2.96. The van der Waals surface area contributed by atoms with Crippen LogP contribution in [0, 0.1) is 6.92 Å². The maximum absolute atomic E-state index is 10.4. The van der Waals surface area contributed by atoms with Crippen LogP contribution in [0.5, 0.6) is 0 Å². The number of aryl methyl sites for hydroxylation is 1. The minimum atomic E-state index is -1.01. The van der Waals surface area contributed by atoms with E-state index in [1.807, 2.05) is 31.2 Å². The second kappa shape index (κ2) is 6.11. The molecule has 0 bridgehead atoms. The lowest BCUT2D eigenvalue weighted by molar-refractivity contribution is -0.350. The molecule has 1 aromatic rings. The second-order valence-corrected chi connectivity index (χ2v) is 7.42. The van der Waals surface area contributed by atoms with Crippen molar-refractivity contribution in [3.63, 3.8) is 0 Å². The molecule has 1 aromatic carbocycles. The molecule has 2 fully saturated rings. The highest BCUT2D eigenvalue weighted by Crippen LogP contribution is 2.37. The molecule has 0 amide bonds. The molecule has 5 unspecified atom stereocenters. The fourth-order valence-corrected chi connectivity index (χ4v) is 3.74. The third-order valence-electron chi connectivity index (χ3n) is 3.93. The molecule has 2 aliphatic heterocycles. The number of hydrogen-bond donors (Lipinski definition) is 2. The van der Waals surface area contributed by atoms with Crippen molar-refractivity contribution in [3.05, 3.63) is 29.8 Å². The predicted octanol–water partition coefficient (Wildman–Crippen LogP) is 1.69. The van der Waals surface area contributed by atoms with Crippen LogP contribution in [0.25, 0.3) is 0 Å². The van der Waals surface area contributed by atoms with Crippen molar-refractivity contribution in [1.82, 2.24) is 0 Å². The molecule has 6 heteroatoms. The molecule has 5 atom stereocenters. The average Bonchev–Trinajstić information content (AvgIpc) is 2.47. The van der Waals surface area contributed by atoms with Gasteiger partial charge in [-0.3, -0.25) is 0 Å². The zero-order chi connectivity index (χ0) is 15.9. The van der Waals surface area contributed by atoms with Crippen LogP contribution in [0.1, 0.15) is 19.4 Å². The van der Waals surface area contributed by atoms with Gasteiger partial charge in [0.05, 0.1) is 6.61 Å². The van der Waals surface area contributed by atoms with Crippen molar-refractivity contribution >= 4 is 11.8 Å². The van der Waals surface area contributed by atoms with Gasteiger partial charge in [0.1, 0.15) is 29.9 Å². The highest BCUT2D eigenvalue weighted by atomic mass is 32.2. The van der Waals surface area contributed by atoms with Gasteiger partial charge >= 0.3 is 0 Å². The molecule has 122 valence electrons. The Morgan fingerprint density at radius 3 is 2.50 bits per heavy atom. The standard InChI is InChI=1S/C16H22O5S/c1-9-4-6-10(7-5-9)22-15-13(18)12(17)14-11(20-15)8-19-16(2,3)21-14/h4-7,11-15,17-18H,8H2,1-3H3. The number of thioether (sulfide) groups is 1. The van der Waals surface area contributed by atoms with E-state index in [0.29, 0.717) is 6.61 Å². The lowest BCUT2D eigenvalue weighted by atomic mass is 9.98. The van der Waals surface area contributed by atoms with Crippen LogP contribution in [0.3, 0.4) is 0 Å². The highest BCUT2D eigenvalue weighted by Gasteiger charge is 2.50. The van der Waals surface area contributed by atoms with E-state index < -0.39 is 29.5 Å². The van der Waals surface area contributed by atoms with Crippen LogP contribution >= 0.6 is 11.8 Å². The van der Waals surface area contributed by atoms with Crippen LogP contribution in [0.4, 0.5) is 0 Å². The lowest BCUT2D eigenvalue weighted by Crippen LogP contribution is -2.63. The molecular formula is C16H22O5S. The van der Waals surface area contributed by atoms with Gasteiger partial charge in [0.25, 0.3) is 0 Å². The Hall–Kier alpha value is -0.630. The first kappa shape index (κ1) is 16.2. The number of aliphatic hydroxyl groups is 2. The molecule has 2 N–H and O–H groups in total. The van der Waals surface area contributed by atoms with Gasteiger partial charge in [0.2, 0.25) is 0 Å². The van der Waals surface area contributed by atoms with E-state index in [0.717, 1.165) is 4.90 Å². The summed E-state index contributed by atoms with van der Waals surface area (Å²) in [4.78, 5) is 0.985. The summed E-state index contributed by atoms with van der Waals surface area (Å²) in [5, 5.41) is 20.7. The van der Waals surface area contributed by atoms with Crippen molar-refractivity contribution in [2.45, 2.75) is 61.3 Å². The van der Waals surface area contributed by atoms with Gasteiger partial charge in [-0.2, -0.15) is 0 Å². The van der Waals surface area contributed by atoms with E-state index in [1.54, 1.807) is 13.8 Å². The molecule has 2 saturated heterocycles. The van der Waals surface area contributed by atoms with Crippen LogP contribution in [0.2, 0.25) is 0 Å². The van der Waals surface area contributed by atoms with Crippen molar-refractivity contribution in [3.8, 4) is 0 Å². The molecule has 22 heavy (non-hydrogen) atoms. The maximum Gasteiger partial charge on any atom is 0.163 e. The molecule has 0 aromatic heterocycles. The highest BCUT2D eigenvalue weighted by molar-refractivity contribution is 7.99. The zero-order valence-corrected chi connectivity index (χ0v) is 13.7. The molecular weight excluding hydrogens is 304 g/mol. The first-order valence-electron chi connectivity index (χ1n) is 7.42. The minimum absolute atomic E-state index is 0.340. The van der Waals surface area contributed by atoms with Gasteiger partial charge in [0.15, 0.2) is 5.79 Å². The fourth-order valence-electron chi connectivity index (χ4n) is 2.68. The molecule has 0 saturated carbocycles. The SMILES string of the molecule is Cc1ccc(SC2OC3COC(C)(C)OC3C(O)C2O)cc1. The Balaban J connectivity index is 1.71. The molecule has 0 radical (unpaired) electrons. The Kier molecular flexibility index (Phi) is 4.51. The largest absolute Gasteiger partial charge is 0.387 e. The third-order valence-corrected chi connectivity index (χ3v) is 5.10. The Labute approximate surface area is 134 Å². The van der Waals surface area contributed by atoms with Gasteiger partial charge in [-0.25, -0.2) is 0 Å². The molecule has 2 heterocycles. The number of ether oxygens (including phenoxy) is 3. The summed E-state index contributed by atoms with van der Waals surface area (Å²) in [5.74, 6) is -0.776. The summed E-state index contributed by atoms with van der Waals surface area (Å²) in [5.41, 5.74) is 0.623. The smallest absolute Gasteiger partial charge is 0.163 e. The monoisotopic (exact) mass is 326 g/mol. The van der Waals surface area contributed by atoms with E-state index >= 15 is 0 Å². The first-order chi connectivity index (χ1) is 10.4. The summed E-state index contributed by atoms with van der Waals surface area (Å²) >= 11 is 1.40. The normalized spacial score (nSPS) is 37.6. The second-order valence-electron chi connectivity index (χ2n) is 6.25. The first-order valence-corrected chi connectivity index (χ1v) is 8.30.